The van der Waals surface area contributed by atoms with Crippen molar-refractivity contribution in [3.05, 3.63) is 29.8 Å². The van der Waals surface area contributed by atoms with Crippen LogP contribution in [0.2, 0.25) is 0 Å². The summed E-state index contributed by atoms with van der Waals surface area (Å²) in [6.07, 6.45) is 0. The Balaban J connectivity index is 2.64. The zero-order valence-corrected chi connectivity index (χ0v) is 11.2. The zero-order valence-electron chi connectivity index (χ0n) is 11.2. The standard InChI is InChI=1S/C14H21NO3/c1-4-15(11(2)10-18-3)9-14(17)12-5-7-13(16)8-6-12/h5-8,11,16H,4,9-10H2,1-3H3. The molecule has 0 saturated heterocycles. The molecule has 0 aliphatic heterocycles. The van der Waals surface area contributed by atoms with Crippen molar-refractivity contribution in [1.29, 1.82) is 0 Å². The van der Waals surface area contributed by atoms with Crippen molar-refractivity contribution in [2.75, 3.05) is 26.8 Å². The van der Waals surface area contributed by atoms with Gasteiger partial charge in [0.1, 0.15) is 5.75 Å². The van der Waals surface area contributed by atoms with Gasteiger partial charge in [0.15, 0.2) is 5.78 Å². The highest BCUT2D eigenvalue weighted by molar-refractivity contribution is 5.97. The summed E-state index contributed by atoms with van der Waals surface area (Å²) in [6, 6.07) is 6.56. The number of hydrogen-bond donors (Lipinski definition) is 1. The number of Topliss-reactive ketones (excluding diaryl/α,β-unsaturated/α-hetero) is 1. The zero-order chi connectivity index (χ0) is 13.5. The number of likely N-dealkylation sites (N-methyl/N-ethyl adjacent to an activating group) is 1. The van der Waals surface area contributed by atoms with Gasteiger partial charge >= 0.3 is 0 Å². The summed E-state index contributed by atoms with van der Waals surface area (Å²) in [5.74, 6) is 0.228. The molecule has 1 unspecified atom stereocenters. The van der Waals surface area contributed by atoms with Crippen LogP contribution in [0.4, 0.5) is 0 Å². The molecule has 0 aliphatic rings. The van der Waals surface area contributed by atoms with E-state index in [9.17, 15) is 9.90 Å². The molecule has 0 radical (unpaired) electrons. The Morgan fingerprint density at radius 3 is 2.50 bits per heavy atom. The van der Waals surface area contributed by atoms with Crippen LogP contribution >= 0.6 is 0 Å². The maximum absolute atomic E-state index is 12.1. The average molecular weight is 251 g/mol. The summed E-state index contributed by atoms with van der Waals surface area (Å²) >= 11 is 0. The van der Waals surface area contributed by atoms with Crippen LogP contribution in [0.15, 0.2) is 24.3 Å². The van der Waals surface area contributed by atoms with Gasteiger partial charge in [-0.3, -0.25) is 9.69 Å². The van der Waals surface area contributed by atoms with Gasteiger partial charge in [0.25, 0.3) is 0 Å². The second-order valence-electron chi connectivity index (χ2n) is 4.34. The van der Waals surface area contributed by atoms with E-state index in [2.05, 4.69) is 4.90 Å². The van der Waals surface area contributed by atoms with Crippen LogP contribution < -0.4 is 0 Å². The van der Waals surface area contributed by atoms with Gasteiger partial charge in [-0.2, -0.15) is 0 Å². The van der Waals surface area contributed by atoms with Crippen molar-refractivity contribution in [1.82, 2.24) is 4.90 Å². The predicted octanol–water partition coefficient (Wildman–Crippen LogP) is 1.93. The van der Waals surface area contributed by atoms with Crippen LogP contribution in [0.25, 0.3) is 0 Å². The fraction of sp³-hybridized carbons (Fsp3) is 0.500. The molecule has 0 heterocycles. The topological polar surface area (TPSA) is 49.8 Å². The van der Waals surface area contributed by atoms with Gasteiger partial charge in [-0.25, -0.2) is 0 Å². The quantitative estimate of drug-likeness (QED) is 0.752. The molecule has 0 bridgehead atoms. The molecule has 0 aromatic heterocycles. The average Bonchev–Trinajstić information content (AvgIpc) is 2.36. The number of phenolic OH excluding ortho intramolecular Hbond substituents is 1. The van der Waals surface area contributed by atoms with Crippen LogP contribution in [0.3, 0.4) is 0 Å². The van der Waals surface area contributed by atoms with Crippen molar-refractivity contribution in [2.24, 2.45) is 0 Å². The summed E-state index contributed by atoms with van der Waals surface area (Å²) in [4.78, 5) is 14.1. The molecule has 0 spiro atoms. The molecule has 1 N–H and O–H groups in total. The Morgan fingerprint density at radius 1 is 1.39 bits per heavy atom. The highest BCUT2D eigenvalue weighted by atomic mass is 16.5. The number of carbonyl (C=O) groups is 1. The lowest BCUT2D eigenvalue weighted by Gasteiger charge is -2.26. The molecule has 0 aliphatic carbocycles. The molecule has 1 rings (SSSR count). The third kappa shape index (κ3) is 4.13. The lowest BCUT2D eigenvalue weighted by atomic mass is 10.1. The molecule has 0 saturated carbocycles. The Morgan fingerprint density at radius 2 is 2.00 bits per heavy atom. The minimum Gasteiger partial charge on any atom is -0.508 e. The third-order valence-corrected chi connectivity index (χ3v) is 2.97. The number of carbonyl (C=O) groups excluding carboxylic acids is 1. The molecule has 1 aromatic rings. The fourth-order valence-electron chi connectivity index (χ4n) is 1.85. The molecular weight excluding hydrogens is 230 g/mol. The lowest BCUT2D eigenvalue weighted by molar-refractivity contribution is 0.0788. The first-order valence-electron chi connectivity index (χ1n) is 6.13. The molecule has 18 heavy (non-hydrogen) atoms. The van der Waals surface area contributed by atoms with Crippen molar-refractivity contribution < 1.29 is 14.6 Å². The Bertz CT molecular complexity index is 375. The number of benzene rings is 1. The second kappa shape index (κ2) is 7.13. The van der Waals surface area contributed by atoms with E-state index >= 15 is 0 Å². The van der Waals surface area contributed by atoms with Crippen molar-refractivity contribution in [3.63, 3.8) is 0 Å². The number of hydrogen-bond acceptors (Lipinski definition) is 4. The van der Waals surface area contributed by atoms with Gasteiger partial charge in [0, 0.05) is 18.7 Å². The first kappa shape index (κ1) is 14.7. The maximum Gasteiger partial charge on any atom is 0.176 e. The SMILES string of the molecule is CCN(CC(=O)c1ccc(O)cc1)C(C)COC. The van der Waals surface area contributed by atoms with E-state index in [1.165, 1.54) is 12.1 Å². The smallest absolute Gasteiger partial charge is 0.176 e. The van der Waals surface area contributed by atoms with Gasteiger partial charge in [0.2, 0.25) is 0 Å². The Hall–Kier alpha value is -1.39. The number of aromatic hydroxyl groups is 1. The molecule has 4 nitrogen and oxygen atoms in total. The summed E-state index contributed by atoms with van der Waals surface area (Å²) < 4.78 is 5.10. The summed E-state index contributed by atoms with van der Waals surface area (Å²) in [5, 5.41) is 9.19. The molecule has 0 fully saturated rings. The number of phenols is 1. The first-order chi connectivity index (χ1) is 8.58. The van der Waals surface area contributed by atoms with Gasteiger partial charge in [0.05, 0.1) is 13.2 Å². The van der Waals surface area contributed by atoms with Crippen LogP contribution in [0, 0.1) is 0 Å². The molecule has 1 atom stereocenters. The fourth-order valence-corrected chi connectivity index (χ4v) is 1.85. The van der Waals surface area contributed by atoms with E-state index in [0.29, 0.717) is 18.7 Å². The number of methoxy groups -OCH3 is 1. The summed E-state index contributed by atoms with van der Waals surface area (Å²) in [7, 11) is 1.66. The maximum atomic E-state index is 12.1. The van der Waals surface area contributed by atoms with Gasteiger partial charge in [-0.1, -0.05) is 6.92 Å². The van der Waals surface area contributed by atoms with E-state index in [4.69, 9.17) is 4.74 Å². The predicted molar refractivity (Wildman–Crippen MR) is 71.0 cm³/mol. The molecule has 1 aromatic carbocycles. The number of ketones is 1. The van der Waals surface area contributed by atoms with E-state index in [-0.39, 0.29) is 17.6 Å². The minimum absolute atomic E-state index is 0.0554. The summed E-state index contributed by atoms with van der Waals surface area (Å²) in [5.41, 5.74) is 0.621. The van der Waals surface area contributed by atoms with Crippen LogP contribution in [0.5, 0.6) is 5.75 Å². The van der Waals surface area contributed by atoms with Gasteiger partial charge in [-0.05, 0) is 37.7 Å². The number of nitrogens with zero attached hydrogens (tertiary/aromatic N) is 1. The highest BCUT2D eigenvalue weighted by Crippen LogP contribution is 2.11. The monoisotopic (exact) mass is 251 g/mol. The Kier molecular flexibility index (Phi) is 5.82. The largest absolute Gasteiger partial charge is 0.508 e. The lowest BCUT2D eigenvalue weighted by Crippen LogP contribution is -2.39. The van der Waals surface area contributed by atoms with Gasteiger partial charge < -0.3 is 9.84 Å². The van der Waals surface area contributed by atoms with E-state index in [1.807, 2.05) is 13.8 Å². The molecule has 0 amide bonds. The summed E-state index contributed by atoms with van der Waals surface area (Å²) in [6.45, 7) is 5.84. The highest BCUT2D eigenvalue weighted by Gasteiger charge is 2.16. The van der Waals surface area contributed by atoms with Crippen molar-refractivity contribution in [2.45, 2.75) is 19.9 Å². The van der Waals surface area contributed by atoms with Crippen LogP contribution in [-0.2, 0) is 4.74 Å². The molecular formula is C14H21NO3. The normalized spacial score (nSPS) is 12.7. The first-order valence-corrected chi connectivity index (χ1v) is 6.13. The Labute approximate surface area is 108 Å². The van der Waals surface area contributed by atoms with Crippen molar-refractivity contribution in [3.8, 4) is 5.75 Å². The van der Waals surface area contributed by atoms with Gasteiger partial charge in [-0.15, -0.1) is 0 Å². The van der Waals surface area contributed by atoms with Crippen LogP contribution in [0.1, 0.15) is 24.2 Å². The van der Waals surface area contributed by atoms with Crippen LogP contribution in [-0.4, -0.2) is 48.6 Å². The molecule has 4 heteroatoms. The second-order valence-corrected chi connectivity index (χ2v) is 4.34. The van der Waals surface area contributed by atoms with E-state index < -0.39 is 0 Å². The van der Waals surface area contributed by atoms with E-state index in [0.717, 1.165) is 6.54 Å². The minimum atomic E-state index is 0.0554. The van der Waals surface area contributed by atoms with E-state index in [1.54, 1.807) is 19.2 Å². The van der Waals surface area contributed by atoms with Crippen molar-refractivity contribution >= 4 is 5.78 Å². The molecule has 100 valence electrons. The third-order valence-electron chi connectivity index (χ3n) is 2.97. The number of ether oxygens (including phenoxy) is 1. The number of rotatable bonds is 7.